The van der Waals surface area contributed by atoms with Gasteiger partial charge in [-0.2, -0.15) is 0 Å². The van der Waals surface area contributed by atoms with Crippen molar-refractivity contribution >= 4 is 11.9 Å². The molecule has 13 heavy (non-hydrogen) atoms. The van der Waals surface area contributed by atoms with Crippen LogP contribution in [0.2, 0.25) is 0 Å². The number of hydrogen-bond acceptors (Lipinski definition) is 2. The molecule has 1 saturated heterocycles. The first-order valence-corrected chi connectivity index (χ1v) is 4.51. The van der Waals surface area contributed by atoms with Crippen LogP contribution >= 0.6 is 0 Å². The Morgan fingerprint density at radius 2 is 2.15 bits per heavy atom. The van der Waals surface area contributed by atoms with Crippen LogP contribution in [-0.2, 0) is 9.59 Å². The SMILES string of the molecule is CCC(=O)N1CCC(C)(C(=O)O)C1. The monoisotopic (exact) mass is 185 g/mol. The van der Waals surface area contributed by atoms with Crippen molar-refractivity contribution in [3.05, 3.63) is 0 Å². The molecule has 0 aromatic carbocycles. The predicted octanol–water partition coefficient (Wildman–Crippen LogP) is 0.720. The van der Waals surface area contributed by atoms with Gasteiger partial charge >= 0.3 is 5.97 Å². The van der Waals surface area contributed by atoms with E-state index in [9.17, 15) is 9.59 Å². The number of carboxylic acid groups (broad SMARTS) is 1. The Morgan fingerprint density at radius 1 is 1.54 bits per heavy atom. The molecule has 74 valence electrons. The Balaban J connectivity index is 2.63. The third kappa shape index (κ3) is 1.82. The molecule has 1 amide bonds. The average molecular weight is 185 g/mol. The van der Waals surface area contributed by atoms with Crippen LogP contribution in [-0.4, -0.2) is 35.0 Å². The zero-order valence-electron chi connectivity index (χ0n) is 8.04. The van der Waals surface area contributed by atoms with E-state index in [1.165, 1.54) is 0 Å². The van der Waals surface area contributed by atoms with Crippen molar-refractivity contribution < 1.29 is 14.7 Å². The Bertz CT molecular complexity index is 239. The Hall–Kier alpha value is -1.06. The van der Waals surface area contributed by atoms with Gasteiger partial charge in [0.25, 0.3) is 0 Å². The summed E-state index contributed by atoms with van der Waals surface area (Å²) < 4.78 is 0. The summed E-state index contributed by atoms with van der Waals surface area (Å²) in [5.74, 6) is -0.760. The Morgan fingerprint density at radius 3 is 2.54 bits per heavy atom. The average Bonchev–Trinajstić information content (AvgIpc) is 2.48. The van der Waals surface area contributed by atoms with Crippen LogP contribution in [0.4, 0.5) is 0 Å². The molecule has 0 aromatic heterocycles. The van der Waals surface area contributed by atoms with E-state index in [1.54, 1.807) is 18.7 Å². The normalized spacial score (nSPS) is 27.7. The highest BCUT2D eigenvalue weighted by molar-refractivity contribution is 5.80. The highest BCUT2D eigenvalue weighted by Crippen LogP contribution is 2.30. The van der Waals surface area contributed by atoms with Crippen molar-refractivity contribution in [2.75, 3.05) is 13.1 Å². The molecule has 1 rings (SSSR count). The van der Waals surface area contributed by atoms with Crippen molar-refractivity contribution in [3.8, 4) is 0 Å². The summed E-state index contributed by atoms with van der Waals surface area (Å²) in [6.45, 7) is 4.42. The van der Waals surface area contributed by atoms with E-state index in [1.807, 2.05) is 0 Å². The minimum absolute atomic E-state index is 0.0463. The zero-order valence-corrected chi connectivity index (χ0v) is 8.04. The molecule has 0 aromatic rings. The first-order chi connectivity index (χ1) is 5.99. The molecule has 4 nitrogen and oxygen atoms in total. The van der Waals surface area contributed by atoms with Gasteiger partial charge in [0.1, 0.15) is 0 Å². The number of carbonyl (C=O) groups excluding carboxylic acids is 1. The van der Waals surface area contributed by atoms with Crippen molar-refractivity contribution in [3.63, 3.8) is 0 Å². The van der Waals surface area contributed by atoms with Crippen LogP contribution in [0, 0.1) is 5.41 Å². The summed E-state index contributed by atoms with van der Waals surface area (Å²) in [5.41, 5.74) is -0.731. The molecule has 1 unspecified atom stereocenters. The molecule has 0 aliphatic carbocycles. The van der Waals surface area contributed by atoms with Crippen molar-refractivity contribution in [2.45, 2.75) is 26.7 Å². The van der Waals surface area contributed by atoms with Gasteiger partial charge in [-0.1, -0.05) is 6.92 Å². The van der Waals surface area contributed by atoms with Gasteiger partial charge in [0, 0.05) is 19.5 Å². The van der Waals surface area contributed by atoms with Gasteiger partial charge in [0.05, 0.1) is 5.41 Å². The summed E-state index contributed by atoms with van der Waals surface area (Å²) in [7, 11) is 0. The summed E-state index contributed by atoms with van der Waals surface area (Å²) in [6, 6.07) is 0. The molecule has 0 saturated carbocycles. The van der Waals surface area contributed by atoms with Gasteiger partial charge in [-0.25, -0.2) is 0 Å². The first-order valence-electron chi connectivity index (χ1n) is 4.51. The summed E-state index contributed by atoms with van der Waals surface area (Å²) in [5, 5.41) is 8.91. The molecule has 1 heterocycles. The number of aliphatic carboxylic acids is 1. The fourth-order valence-electron chi connectivity index (χ4n) is 1.57. The molecular weight excluding hydrogens is 170 g/mol. The smallest absolute Gasteiger partial charge is 0.311 e. The summed E-state index contributed by atoms with van der Waals surface area (Å²) >= 11 is 0. The quantitative estimate of drug-likeness (QED) is 0.689. The molecule has 0 bridgehead atoms. The maximum Gasteiger partial charge on any atom is 0.311 e. The Labute approximate surface area is 77.5 Å². The standard InChI is InChI=1S/C9H15NO3/c1-3-7(11)10-5-4-9(2,6-10)8(12)13/h3-6H2,1-2H3,(H,12,13). The summed E-state index contributed by atoms with van der Waals surface area (Å²) in [6.07, 6.45) is 1.02. The lowest BCUT2D eigenvalue weighted by Crippen LogP contribution is -2.34. The topological polar surface area (TPSA) is 57.6 Å². The van der Waals surface area contributed by atoms with Crippen LogP contribution in [0.1, 0.15) is 26.7 Å². The van der Waals surface area contributed by atoms with E-state index in [4.69, 9.17) is 5.11 Å². The highest BCUT2D eigenvalue weighted by atomic mass is 16.4. The molecule has 0 spiro atoms. The summed E-state index contributed by atoms with van der Waals surface area (Å²) in [4.78, 5) is 23.7. The second-order valence-corrected chi connectivity index (χ2v) is 3.78. The van der Waals surface area contributed by atoms with E-state index < -0.39 is 11.4 Å². The number of hydrogen-bond donors (Lipinski definition) is 1. The second-order valence-electron chi connectivity index (χ2n) is 3.78. The molecule has 1 atom stereocenters. The number of likely N-dealkylation sites (tertiary alicyclic amines) is 1. The van der Waals surface area contributed by atoms with Gasteiger partial charge in [-0.05, 0) is 13.3 Å². The van der Waals surface area contributed by atoms with Crippen molar-refractivity contribution in [1.82, 2.24) is 4.90 Å². The minimum atomic E-state index is -0.807. The van der Waals surface area contributed by atoms with E-state index in [-0.39, 0.29) is 5.91 Å². The fraction of sp³-hybridized carbons (Fsp3) is 0.778. The van der Waals surface area contributed by atoms with Gasteiger partial charge < -0.3 is 10.0 Å². The molecular formula is C9H15NO3. The maximum absolute atomic E-state index is 11.3. The third-order valence-electron chi connectivity index (χ3n) is 2.64. The van der Waals surface area contributed by atoms with E-state index in [2.05, 4.69) is 0 Å². The number of nitrogens with zero attached hydrogens (tertiary/aromatic N) is 1. The van der Waals surface area contributed by atoms with Gasteiger partial charge in [0.15, 0.2) is 0 Å². The first kappa shape index (κ1) is 10.0. The largest absolute Gasteiger partial charge is 0.481 e. The van der Waals surface area contributed by atoms with Crippen LogP contribution in [0.25, 0.3) is 0 Å². The number of rotatable bonds is 2. The van der Waals surface area contributed by atoms with Crippen molar-refractivity contribution in [2.24, 2.45) is 5.41 Å². The lowest BCUT2D eigenvalue weighted by atomic mass is 9.90. The predicted molar refractivity (Wildman–Crippen MR) is 47.2 cm³/mol. The lowest BCUT2D eigenvalue weighted by Gasteiger charge is -2.19. The molecule has 0 radical (unpaired) electrons. The zero-order chi connectivity index (χ0) is 10.1. The van der Waals surface area contributed by atoms with Gasteiger partial charge in [-0.3, -0.25) is 9.59 Å². The highest BCUT2D eigenvalue weighted by Gasteiger charge is 2.41. The van der Waals surface area contributed by atoms with E-state index >= 15 is 0 Å². The molecule has 4 heteroatoms. The fourth-order valence-corrected chi connectivity index (χ4v) is 1.57. The number of carboxylic acids is 1. The van der Waals surface area contributed by atoms with Crippen LogP contribution in [0.15, 0.2) is 0 Å². The molecule has 1 aliphatic heterocycles. The second kappa shape index (κ2) is 3.36. The van der Waals surface area contributed by atoms with Crippen LogP contribution in [0.3, 0.4) is 0 Å². The minimum Gasteiger partial charge on any atom is -0.481 e. The Kier molecular flexibility index (Phi) is 2.59. The van der Waals surface area contributed by atoms with E-state index in [0.717, 1.165) is 0 Å². The van der Waals surface area contributed by atoms with E-state index in [0.29, 0.717) is 25.9 Å². The molecule has 1 aliphatic rings. The number of amides is 1. The third-order valence-corrected chi connectivity index (χ3v) is 2.64. The van der Waals surface area contributed by atoms with Crippen LogP contribution in [0.5, 0.6) is 0 Å². The van der Waals surface area contributed by atoms with Gasteiger partial charge in [0.2, 0.25) is 5.91 Å². The lowest BCUT2D eigenvalue weighted by molar-refractivity contribution is -0.147. The maximum atomic E-state index is 11.3. The molecule has 1 fully saturated rings. The number of carbonyl (C=O) groups is 2. The van der Waals surface area contributed by atoms with Gasteiger partial charge in [-0.15, -0.1) is 0 Å². The molecule has 1 N–H and O–H groups in total. The van der Waals surface area contributed by atoms with Crippen molar-refractivity contribution in [1.29, 1.82) is 0 Å². The van der Waals surface area contributed by atoms with Crippen LogP contribution < -0.4 is 0 Å².